The number of fused-ring (bicyclic) bond motifs is 1. The van der Waals surface area contributed by atoms with Gasteiger partial charge in [0.05, 0.1) is 10.2 Å². The van der Waals surface area contributed by atoms with E-state index in [1.807, 2.05) is 0 Å². The summed E-state index contributed by atoms with van der Waals surface area (Å²) in [5, 5.41) is 3.23. The van der Waals surface area contributed by atoms with Gasteiger partial charge >= 0.3 is 6.18 Å². The number of nitrogens with one attached hydrogen (secondary N) is 1. The van der Waals surface area contributed by atoms with Gasteiger partial charge in [0.25, 0.3) is 0 Å². The Morgan fingerprint density at radius 2 is 2.20 bits per heavy atom. The summed E-state index contributed by atoms with van der Waals surface area (Å²) in [6, 6.07) is 4.50. The highest BCUT2D eigenvalue weighted by molar-refractivity contribution is 7.22. The lowest BCUT2D eigenvalue weighted by atomic mass is 9.95. The molecule has 2 atom stereocenters. The molecule has 1 aromatic heterocycles. The monoisotopic (exact) mass is 373 g/mol. The van der Waals surface area contributed by atoms with E-state index in [0.717, 1.165) is 19.3 Å². The van der Waals surface area contributed by atoms with Crippen LogP contribution in [0.1, 0.15) is 19.3 Å². The van der Waals surface area contributed by atoms with Gasteiger partial charge in [-0.05, 0) is 43.5 Å². The predicted molar refractivity (Wildman–Crippen MR) is 89.7 cm³/mol. The number of anilines is 1. The number of hydrogen-bond acceptors (Lipinski definition) is 5. The lowest BCUT2D eigenvalue weighted by Gasteiger charge is -2.16. The zero-order valence-corrected chi connectivity index (χ0v) is 14.1. The molecule has 1 heterocycles. The van der Waals surface area contributed by atoms with E-state index in [1.165, 1.54) is 23.5 Å². The second-order valence-electron chi connectivity index (χ2n) is 6.07. The number of hydrogen-bond donors (Lipinski definition) is 2. The minimum Gasteiger partial charge on any atom is -0.484 e. The zero-order valence-electron chi connectivity index (χ0n) is 13.3. The summed E-state index contributed by atoms with van der Waals surface area (Å²) in [5.74, 6) is 0.102. The summed E-state index contributed by atoms with van der Waals surface area (Å²) in [6.45, 7) is -0.860. The lowest BCUT2D eigenvalue weighted by molar-refractivity contribution is -0.153. The third-order valence-electron chi connectivity index (χ3n) is 4.29. The molecule has 136 valence electrons. The topological polar surface area (TPSA) is 77.2 Å². The maximum Gasteiger partial charge on any atom is 0.422 e. The van der Waals surface area contributed by atoms with E-state index in [9.17, 15) is 18.0 Å². The molecule has 0 radical (unpaired) electrons. The fourth-order valence-electron chi connectivity index (χ4n) is 3.08. The van der Waals surface area contributed by atoms with Gasteiger partial charge in [0.15, 0.2) is 11.7 Å². The molecule has 0 saturated heterocycles. The number of ether oxygens (including phenoxy) is 1. The highest BCUT2D eigenvalue weighted by Gasteiger charge is 2.32. The van der Waals surface area contributed by atoms with E-state index in [2.05, 4.69) is 10.3 Å². The molecule has 0 aliphatic heterocycles. The summed E-state index contributed by atoms with van der Waals surface area (Å²) in [6.07, 6.45) is -1.63. The molecule has 2 aromatic rings. The molecule has 5 nitrogen and oxygen atoms in total. The Morgan fingerprint density at radius 3 is 2.92 bits per heavy atom. The maximum absolute atomic E-state index is 12.4. The van der Waals surface area contributed by atoms with Crippen LogP contribution >= 0.6 is 11.3 Å². The molecule has 0 unspecified atom stereocenters. The molecule has 0 bridgehead atoms. The predicted octanol–water partition coefficient (Wildman–Crippen LogP) is 3.55. The molecule has 3 N–H and O–H groups in total. The van der Waals surface area contributed by atoms with Crippen LogP contribution in [-0.2, 0) is 4.79 Å². The molecule has 25 heavy (non-hydrogen) atoms. The minimum absolute atomic E-state index is 0.0967. The number of amides is 1. The smallest absolute Gasteiger partial charge is 0.422 e. The van der Waals surface area contributed by atoms with Gasteiger partial charge in [-0.25, -0.2) is 4.98 Å². The number of benzene rings is 1. The van der Waals surface area contributed by atoms with Crippen molar-refractivity contribution in [1.82, 2.24) is 4.98 Å². The number of nitrogens with two attached hydrogens (primary N) is 1. The maximum atomic E-state index is 12.4. The fourth-order valence-corrected chi connectivity index (χ4v) is 3.97. The summed E-state index contributed by atoms with van der Waals surface area (Å²) in [7, 11) is 0. The Morgan fingerprint density at radius 1 is 1.40 bits per heavy atom. The fraction of sp³-hybridized carbons (Fsp3) is 0.500. The van der Waals surface area contributed by atoms with E-state index in [4.69, 9.17) is 10.5 Å². The van der Waals surface area contributed by atoms with E-state index in [0.29, 0.717) is 21.9 Å². The van der Waals surface area contributed by atoms with Gasteiger partial charge in [0, 0.05) is 5.92 Å². The van der Waals surface area contributed by atoms with Crippen molar-refractivity contribution in [2.24, 2.45) is 17.6 Å². The molecule has 0 spiro atoms. The summed E-state index contributed by atoms with van der Waals surface area (Å²) < 4.78 is 42.0. The Balaban J connectivity index is 1.69. The van der Waals surface area contributed by atoms with Gasteiger partial charge in [-0.15, -0.1) is 0 Å². The van der Waals surface area contributed by atoms with E-state index in [-0.39, 0.29) is 23.5 Å². The first-order valence-electron chi connectivity index (χ1n) is 7.97. The van der Waals surface area contributed by atoms with Gasteiger partial charge < -0.3 is 15.8 Å². The van der Waals surface area contributed by atoms with Crippen LogP contribution in [0.2, 0.25) is 0 Å². The van der Waals surface area contributed by atoms with E-state index >= 15 is 0 Å². The zero-order chi connectivity index (χ0) is 18.0. The standard InChI is InChI=1S/C16H18F3N3O2S/c17-16(18,19)8-24-10-4-5-12-13(6-10)25-15(21-12)22-14(23)11-3-1-2-9(11)7-20/h4-6,9,11H,1-3,7-8,20H2,(H,21,22,23)/t9-,11-/m1/s1. The first-order chi connectivity index (χ1) is 11.9. The number of thiazole rings is 1. The first kappa shape index (κ1) is 17.9. The minimum atomic E-state index is -4.39. The molecule has 1 aliphatic carbocycles. The second-order valence-corrected chi connectivity index (χ2v) is 7.11. The molecule has 1 aromatic carbocycles. The van der Waals surface area contributed by atoms with E-state index < -0.39 is 12.8 Å². The number of halogens is 3. The number of aromatic nitrogens is 1. The molecular formula is C16H18F3N3O2S. The van der Waals surface area contributed by atoms with Crippen LogP contribution in [0.15, 0.2) is 18.2 Å². The van der Waals surface area contributed by atoms with Crippen LogP contribution < -0.4 is 15.8 Å². The molecule has 1 aliphatic rings. The van der Waals surface area contributed by atoms with Gasteiger partial charge in [0.1, 0.15) is 5.75 Å². The average molecular weight is 373 g/mol. The van der Waals surface area contributed by atoms with Crippen LogP contribution in [0.5, 0.6) is 5.75 Å². The molecule has 1 fully saturated rings. The average Bonchev–Trinajstić information content (AvgIpc) is 3.17. The Bertz CT molecular complexity index is 763. The molecule has 1 saturated carbocycles. The van der Waals surface area contributed by atoms with Crippen molar-refractivity contribution in [2.75, 3.05) is 18.5 Å². The Labute approximate surface area is 146 Å². The Hall–Kier alpha value is -1.87. The number of alkyl halides is 3. The normalized spacial score (nSPS) is 20.8. The van der Waals surface area contributed by atoms with Crippen LogP contribution in [-0.4, -0.2) is 30.2 Å². The Kier molecular flexibility index (Phi) is 5.14. The third kappa shape index (κ3) is 4.40. The van der Waals surface area contributed by atoms with Crippen LogP contribution in [0.4, 0.5) is 18.3 Å². The van der Waals surface area contributed by atoms with Crippen LogP contribution in [0.3, 0.4) is 0 Å². The second kappa shape index (κ2) is 7.17. The largest absolute Gasteiger partial charge is 0.484 e. The van der Waals surface area contributed by atoms with E-state index in [1.54, 1.807) is 6.07 Å². The van der Waals surface area contributed by atoms with Crippen molar-refractivity contribution >= 4 is 32.6 Å². The molecule has 9 heteroatoms. The third-order valence-corrected chi connectivity index (χ3v) is 5.22. The van der Waals surface area contributed by atoms with Crippen molar-refractivity contribution in [2.45, 2.75) is 25.4 Å². The molecular weight excluding hydrogens is 355 g/mol. The number of rotatable bonds is 5. The van der Waals surface area contributed by atoms with Crippen LogP contribution in [0, 0.1) is 11.8 Å². The number of nitrogens with zero attached hydrogens (tertiary/aromatic N) is 1. The van der Waals surface area contributed by atoms with Crippen molar-refractivity contribution < 1.29 is 22.7 Å². The van der Waals surface area contributed by atoms with Gasteiger partial charge in [-0.1, -0.05) is 17.8 Å². The van der Waals surface area contributed by atoms with Crippen molar-refractivity contribution in [3.8, 4) is 5.75 Å². The molecule has 1 amide bonds. The lowest BCUT2D eigenvalue weighted by Crippen LogP contribution is -2.29. The summed E-state index contributed by atoms with van der Waals surface area (Å²) in [5.41, 5.74) is 6.30. The highest BCUT2D eigenvalue weighted by Crippen LogP contribution is 2.34. The van der Waals surface area contributed by atoms with Gasteiger partial charge in [-0.2, -0.15) is 13.2 Å². The highest BCUT2D eigenvalue weighted by atomic mass is 32.1. The number of carbonyl (C=O) groups excluding carboxylic acids is 1. The quantitative estimate of drug-likeness (QED) is 0.840. The van der Waals surface area contributed by atoms with Gasteiger partial charge in [-0.3, -0.25) is 4.79 Å². The van der Waals surface area contributed by atoms with Crippen LogP contribution in [0.25, 0.3) is 10.2 Å². The van der Waals surface area contributed by atoms with Crippen molar-refractivity contribution in [3.63, 3.8) is 0 Å². The van der Waals surface area contributed by atoms with Crippen molar-refractivity contribution in [3.05, 3.63) is 18.2 Å². The SMILES string of the molecule is NC[C@H]1CCC[C@H]1C(=O)Nc1nc2ccc(OCC(F)(F)F)cc2s1. The van der Waals surface area contributed by atoms with Crippen molar-refractivity contribution in [1.29, 1.82) is 0 Å². The number of carbonyl (C=O) groups is 1. The van der Waals surface area contributed by atoms with Gasteiger partial charge in [0.2, 0.25) is 5.91 Å². The summed E-state index contributed by atoms with van der Waals surface area (Å²) >= 11 is 1.21. The first-order valence-corrected chi connectivity index (χ1v) is 8.78. The summed E-state index contributed by atoms with van der Waals surface area (Å²) in [4.78, 5) is 16.7. The molecule has 3 rings (SSSR count).